The Hall–Kier alpha value is -2.67. The first kappa shape index (κ1) is 16.2. The number of fused-ring (bicyclic) bond motifs is 1. The lowest BCUT2D eigenvalue weighted by Gasteiger charge is -2.15. The predicted molar refractivity (Wildman–Crippen MR) is 93.1 cm³/mol. The van der Waals surface area contributed by atoms with Gasteiger partial charge in [-0.2, -0.15) is 9.50 Å². The van der Waals surface area contributed by atoms with Gasteiger partial charge in [-0.25, -0.2) is 9.98 Å². The molecular formula is C16H17ClN6O. The lowest BCUT2D eigenvalue weighted by atomic mass is 10.2. The van der Waals surface area contributed by atoms with E-state index in [4.69, 9.17) is 16.3 Å². The smallest absolute Gasteiger partial charge is 0.272 e. The molecule has 8 heteroatoms. The molecule has 0 unspecified atom stereocenters. The second kappa shape index (κ2) is 6.84. The molecular weight excluding hydrogens is 328 g/mol. The number of ether oxygens (including phenoxy) is 1. The van der Waals surface area contributed by atoms with Crippen molar-refractivity contribution in [3.05, 3.63) is 47.2 Å². The van der Waals surface area contributed by atoms with E-state index in [0.717, 1.165) is 5.69 Å². The summed E-state index contributed by atoms with van der Waals surface area (Å²) in [7, 11) is 3.76. The second-order valence-corrected chi connectivity index (χ2v) is 5.86. The Bertz CT molecular complexity index is 876. The molecule has 0 fully saturated rings. The standard InChI is InChI=1S/C16H17ClN6O/c1-11(24-13-6-4-5-12(17)9-13)14-7-8-18-16-20-15(21-23(14)16)19-10-22(2)3/h4-11H,1-3H3/t11-/m1/s1. The molecule has 1 aromatic carbocycles. The van der Waals surface area contributed by atoms with Crippen LogP contribution in [0.2, 0.25) is 5.02 Å². The van der Waals surface area contributed by atoms with E-state index < -0.39 is 0 Å². The Labute approximate surface area is 144 Å². The third-order valence-corrected chi connectivity index (χ3v) is 3.42. The maximum atomic E-state index is 6.00. The minimum absolute atomic E-state index is 0.263. The molecule has 2 aromatic heterocycles. The summed E-state index contributed by atoms with van der Waals surface area (Å²) in [6.45, 7) is 1.93. The zero-order chi connectivity index (χ0) is 17.1. The van der Waals surface area contributed by atoms with Gasteiger partial charge in [0.1, 0.15) is 11.9 Å². The third kappa shape index (κ3) is 3.62. The maximum Gasteiger partial charge on any atom is 0.272 e. The van der Waals surface area contributed by atoms with Gasteiger partial charge in [-0.1, -0.05) is 17.7 Å². The van der Waals surface area contributed by atoms with Gasteiger partial charge in [0.25, 0.3) is 11.7 Å². The molecule has 0 aliphatic rings. The van der Waals surface area contributed by atoms with Crippen LogP contribution in [-0.2, 0) is 0 Å². The van der Waals surface area contributed by atoms with Gasteiger partial charge in [0.2, 0.25) is 0 Å². The van der Waals surface area contributed by atoms with E-state index in [-0.39, 0.29) is 6.10 Å². The lowest BCUT2D eigenvalue weighted by Crippen LogP contribution is -2.10. The Morgan fingerprint density at radius 2 is 2.17 bits per heavy atom. The Balaban J connectivity index is 1.90. The highest BCUT2D eigenvalue weighted by molar-refractivity contribution is 6.30. The van der Waals surface area contributed by atoms with E-state index >= 15 is 0 Å². The summed E-state index contributed by atoms with van der Waals surface area (Å²) in [6.07, 6.45) is 3.05. The molecule has 0 saturated carbocycles. The molecule has 7 nitrogen and oxygen atoms in total. The number of rotatable bonds is 5. The van der Waals surface area contributed by atoms with Crippen LogP contribution >= 0.6 is 11.6 Å². The van der Waals surface area contributed by atoms with Gasteiger partial charge in [-0.05, 0) is 31.2 Å². The molecule has 0 saturated heterocycles. The highest BCUT2D eigenvalue weighted by Gasteiger charge is 2.15. The van der Waals surface area contributed by atoms with Crippen molar-refractivity contribution in [2.75, 3.05) is 14.1 Å². The Kier molecular flexibility index (Phi) is 4.61. The van der Waals surface area contributed by atoms with E-state index in [1.807, 2.05) is 44.1 Å². The number of aliphatic imine (C=N–C) groups is 1. The highest BCUT2D eigenvalue weighted by Crippen LogP contribution is 2.24. The van der Waals surface area contributed by atoms with Crippen molar-refractivity contribution in [3.8, 4) is 5.75 Å². The highest BCUT2D eigenvalue weighted by atomic mass is 35.5. The van der Waals surface area contributed by atoms with Gasteiger partial charge >= 0.3 is 0 Å². The molecule has 0 spiro atoms. The first-order valence-electron chi connectivity index (χ1n) is 7.37. The van der Waals surface area contributed by atoms with Crippen LogP contribution in [-0.4, -0.2) is 44.9 Å². The van der Waals surface area contributed by atoms with Crippen molar-refractivity contribution in [3.63, 3.8) is 0 Å². The summed E-state index contributed by atoms with van der Waals surface area (Å²) in [5, 5.41) is 5.00. The number of aromatic nitrogens is 4. The zero-order valence-corrected chi connectivity index (χ0v) is 14.3. The van der Waals surface area contributed by atoms with Crippen molar-refractivity contribution in [2.24, 2.45) is 4.99 Å². The van der Waals surface area contributed by atoms with Crippen LogP contribution < -0.4 is 4.74 Å². The Morgan fingerprint density at radius 1 is 1.33 bits per heavy atom. The topological polar surface area (TPSA) is 67.9 Å². The van der Waals surface area contributed by atoms with E-state index in [1.165, 1.54) is 0 Å². The van der Waals surface area contributed by atoms with Crippen LogP contribution in [0.25, 0.3) is 5.78 Å². The van der Waals surface area contributed by atoms with Crippen molar-refractivity contribution in [2.45, 2.75) is 13.0 Å². The van der Waals surface area contributed by atoms with Gasteiger partial charge in [-0.3, -0.25) is 0 Å². The van der Waals surface area contributed by atoms with E-state index in [9.17, 15) is 0 Å². The number of hydrogen-bond donors (Lipinski definition) is 0. The van der Waals surface area contributed by atoms with Gasteiger partial charge in [0, 0.05) is 25.3 Å². The first-order valence-corrected chi connectivity index (χ1v) is 7.75. The quantitative estimate of drug-likeness (QED) is 0.525. The van der Waals surface area contributed by atoms with Gasteiger partial charge in [0.15, 0.2) is 0 Å². The van der Waals surface area contributed by atoms with E-state index in [0.29, 0.717) is 22.5 Å². The lowest BCUT2D eigenvalue weighted by molar-refractivity contribution is 0.219. The minimum atomic E-state index is -0.263. The molecule has 0 bridgehead atoms. The van der Waals surface area contributed by atoms with Crippen LogP contribution in [0, 0.1) is 0 Å². The van der Waals surface area contributed by atoms with Crippen LogP contribution in [0.4, 0.5) is 5.95 Å². The van der Waals surface area contributed by atoms with Crippen molar-refractivity contribution in [1.82, 2.24) is 24.5 Å². The normalized spacial score (nSPS) is 12.7. The summed E-state index contributed by atoms with van der Waals surface area (Å²) >= 11 is 6.00. The molecule has 0 amide bonds. The summed E-state index contributed by atoms with van der Waals surface area (Å²) < 4.78 is 7.59. The summed E-state index contributed by atoms with van der Waals surface area (Å²) in [6, 6.07) is 9.11. The molecule has 3 rings (SSSR count). The van der Waals surface area contributed by atoms with Gasteiger partial charge in [0.05, 0.1) is 12.0 Å². The van der Waals surface area contributed by atoms with Crippen molar-refractivity contribution < 1.29 is 4.74 Å². The van der Waals surface area contributed by atoms with E-state index in [2.05, 4.69) is 20.1 Å². The largest absolute Gasteiger partial charge is 0.484 e. The van der Waals surface area contributed by atoms with Crippen LogP contribution in [0.3, 0.4) is 0 Å². The molecule has 0 aliphatic heterocycles. The molecule has 0 aliphatic carbocycles. The number of hydrogen-bond acceptors (Lipinski definition) is 5. The molecule has 24 heavy (non-hydrogen) atoms. The fraction of sp³-hybridized carbons (Fsp3) is 0.250. The monoisotopic (exact) mass is 344 g/mol. The average molecular weight is 345 g/mol. The van der Waals surface area contributed by atoms with Crippen molar-refractivity contribution >= 4 is 29.7 Å². The molecule has 3 aromatic rings. The van der Waals surface area contributed by atoms with Crippen LogP contribution in [0.5, 0.6) is 5.75 Å². The maximum absolute atomic E-state index is 6.00. The van der Waals surface area contributed by atoms with Crippen LogP contribution in [0.1, 0.15) is 18.7 Å². The van der Waals surface area contributed by atoms with Gasteiger partial charge in [-0.15, -0.1) is 5.10 Å². The molecule has 0 N–H and O–H groups in total. The SMILES string of the molecule is C[C@@H](Oc1cccc(Cl)c1)c1ccnc2nc(N=CN(C)C)nn12. The molecule has 124 valence electrons. The summed E-state index contributed by atoms with van der Waals surface area (Å²) in [5.74, 6) is 1.50. The number of nitrogens with zero attached hydrogens (tertiary/aromatic N) is 6. The summed E-state index contributed by atoms with van der Waals surface area (Å²) in [5.41, 5.74) is 0.818. The fourth-order valence-corrected chi connectivity index (χ4v) is 2.32. The molecule has 2 heterocycles. The zero-order valence-electron chi connectivity index (χ0n) is 13.6. The second-order valence-electron chi connectivity index (χ2n) is 5.42. The predicted octanol–water partition coefficient (Wildman–Crippen LogP) is 3.14. The van der Waals surface area contributed by atoms with Crippen molar-refractivity contribution in [1.29, 1.82) is 0 Å². The molecule has 0 radical (unpaired) electrons. The number of halogens is 1. The minimum Gasteiger partial charge on any atom is -0.484 e. The average Bonchev–Trinajstić information content (AvgIpc) is 2.95. The Morgan fingerprint density at radius 3 is 2.92 bits per heavy atom. The van der Waals surface area contributed by atoms with E-state index in [1.54, 1.807) is 29.2 Å². The first-order chi connectivity index (χ1) is 11.5. The summed E-state index contributed by atoms with van der Waals surface area (Å²) in [4.78, 5) is 14.5. The van der Waals surface area contributed by atoms with Crippen LogP contribution in [0.15, 0.2) is 41.5 Å². The fourth-order valence-electron chi connectivity index (χ4n) is 2.14. The van der Waals surface area contributed by atoms with Gasteiger partial charge < -0.3 is 9.64 Å². The third-order valence-electron chi connectivity index (χ3n) is 3.19. The number of benzene rings is 1. The molecule has 1 atom stereocenters.